The van der Waals surface area contributed by atoms with Gasteiger partial charge in [-0.25, -0.2) is 5.01 Å². The van der Waals surface area contributed by atoms with Crippen molar-refractivity contribution < 1.29 is 4.79 Å². The third-order valence-corrected chi connectivity index (χ3v) is 6.28. The van der Waals surface area contributed by atoms with Crippen LogP contribution in [0.3, 0.4) is 0 Å². The molecule has 1 unspecified atom stereocenters. The monoisotopic (exact) mass is 404 g/mol. The predicted octanol–water partition coefficient (Wildman–Crippen LogP) is 3.62. The Balaban J connectivity index is 1.54. The molecule has 4 rings (SSSR count). The Labute approximate surface area is 180 Å². The topological polar surface area (TPSA) is 39.1 Å². The number of nitrogens with zero attached hydrogens (tertiary/aromatic N) is 4. The van der Waals surface area contributed by atoms with E-state index in [9.17, 15) is 4.79 Å². The van der Waals surface area contributed by atoms with Crippen LogP contribution in [0.1, 0.15) is 41.6 Å². The molecule has 0 aliphatic carbocycles. The molecule has 2 aliphatic rings. The van der Waals surface area contributed by atoms with Gasteiger partial charge < -0.3 is 4.90 Å². The average molecular weight is 405 g/mol. The molecule has 2 heterocycles. The van der Waals surface area contributed by atoms with Gasteiger partial charge in [0.2, 0.25) is 0 Å². The van der Waals surface area contributed by atoms with Crippen LogP contribution in [-0.4, -0.2) is 65.7 Å². The first-order valence-electron chi connectivity index (χ1n) is 11.0. The molecule has 1 fully saturated rings. The van der Waals surface area contributed by atoms with Crippen LogP contribution in [0.5, 0.6) is 0 Å². The molecular formula is C25H32N4O. The summed E-state index contributed by atoms with van der Waals surface area (Å²) in [5.74, 6) is 0.0904. The maximum atomic E-state index is 13.3. The van der Waals surface area contributed by atoms with E-state index in [1.165, 1.54) is 11.1 Å². The average Bonchev–Trinajstić information content (AvgIpc) is 3.21. The molecule has 1 saturated heterocycles. The number of aryl methyl sites for hydroxylation is 2. The highest BCUT2D eigenvalue weighted by molar-refractivity contribution is 6.03. The Hall–Kier alpha value is -2.50. The molecule has 0 bridgehead atoms. The van der Waals surface area contributed by atoms with E-state index < -0.39 is 0 Å². The van der Waals surface area contributed by atoms with Gasteiger partial charge >= 0.3 is 0 Å². The van der Waals surface area contributed by atoms with Crippen molar-refractivity contribution in [1.29, 1.82) is 0 Å². The summed E-state index contributed by atoms with van der Waals surface area (Å²) in [5.41, 5.74) is 5.69. The van der Waals surface area contributed by atoms with Crippen LogP contribution in [0.4, 0.5) is 0 Å². The van der Waals surface area contributed by atoms with Gasteiger partial charge in [-0.05, 0) is 31.5 Å². The van der Waals surface area contributed by atoms with Gasteiger partial charge in [0, 0.05) is 32.6 Å². The Morgan fingerprint density at radius 3 is 2.07 bits per heavy atom. The molecule has 0 N–H and O–H groups in total. The van der Waals surface area contributed by atoms with Crippen molar-refractivity contribution in [3.63, 3.8) is 0 Å². The summed E-state index contributed by atoms with van der Waals surface area (Å²) in [5, 5.41) is 6.57. The highest BCUT2D eigenvalue weighted by Crippen LogP contribution is 2.33. The largest absolute Gasteiger partial charge is 0.301 e. The molecule has 2 aromatic carbocycles. The summed E-state index contributed by atoms with van der Waals surface area (Å²) in [6.07, 6.45) is 0.751. The standard InChI is InChI=1S/C25H32N4O/c1-4-27-13-15-28(16-14-27)18-25(30)29-24(22-11-7-20(3)8-12-22)17-23(26-29)21-9-5-19(2)6-10-21/h5-12,24H,4,13-18H2,1-3H3. The lowest BCUT2D eigenvalue weighted by molar-refractivity contribution is -0.134. The number of carbonyl (C=O) groups is 1. The summed E-state index contributed by atoms with van der Waals surface area (Å²) >= 11 is 0. The number of carbonyl (C=O) groups excluding carboxylic acids is 1. The molecule has 2 aliphatic heterocycles. The first kappa shape index (κ1) is 20.8. The first-order chi connectivity index (χ1) is 14.5. The normalized spacial score (nSPS) is 20.4. The van der Waals surface area contributed by atoms with Crippen molar-refractivity contribution in [2.75, 3.05) is 39.3 Å². The van der Waals surface area contributed by atoms with Crippen LogP contribution in [0.15, 0.2) is 53.6 Å². The molecule has 5 nitrogen and oxygen atoms in total. The zero-order valence-electron chi connectivity index (χ0n) is 18.3. The summed E-state index contributed by atoms with van der Waals surface area (Å²) < 4.78 is 0. The number of amides is 1. The molecular weight excluding hydrogens is 372 g/mol. The van der Waals surface area contributed by atoms with Gasteiger partial charge in [-0.15, -0.1) is 0 Å². The minimum atomic E-state index is -0.0358. The molecule has 30 heavy (non-hydrogen) atoms. The van der Waals surface area contributed by atoms with Crippen molar-refractivity contribution in [3.05, 3.63) is 70.8 Å². The highest BCUT2D eigenvalue weighted by Gasteiger charge is 2.34. The fourth-order valence-corrected chi connectivity index (χ4v) is 4.24. The molecule has 1 amide bonds. The van der Waals surface area contributed by atoms with E-state index in [1.807, 2.05) is 0 Å². The van der Waals surface area contributed by atoms with Crippen LogP contribution < -0.4 is 0 Å². The molecule has 0 aromatic heterocycles. The van der Waals surface area contributed by atoms with Crippen molar-refractivity contribution in [2.24, 2.45) is 5.10 Å². The molecule has 1 atom stereocenters. The van der Waals surface area contributed by atoms with Crippen LogP contribution in [-0.2, 0) is 4.79 Å². The Morgan fingerprint density at radius 2 is 1.47 bits per heavy atom. The summed E-state index contributed by atoms with van der Waals surface area (Å²) in [4.78, 5) is 18.0. The fourth-order valence-electron chi connectivity index (χ4n) is 4.24. The van der Waals surface area contributed by atoms with Gasteiger partial charge in [0.25, 0.3) is 5.91 Å². The van der Waals surface area contributed by atoms with Crippen LogP contribution >= 0.6 is 0 Å². The molecule has 2 aromatic rings. The second-order valence-electron chi connectivity index (χ2n) is 8.49. The maximum Gasteiger partial charge on any atom is 0.257 e. The molecule has 5 heteroatoms. The minimum absolute atomic E-state index is 0.0358. The van der Waals surface area contributed by atoms with Gasteiger partial charge in [-0.2, -0.15) is 5.10 Å². The second kappa shape index (κ2) is 9.11. The lowest BCUT2D eigenvalue weighted by Gasteiger charge is -2.34. The van der Waals surface area contributed by atoms with E-state index in [-0.39, 0.29) is 11.9 Å². The quantitative estimate of drug-likeness (QED) is 0.764. The van der Waals surface area contributed by atoms with Gasteiger partial charge in [-0.1, -0.05) is 66.6 Å². The van der Waals surface area contributed by atoms with Crippen LogP contribution in [0, 0.1) is 13.8 Å². The minimum Gasteiger partial charge on any atom is -0.301 e. The predicted molar refractivity (Wildman–Crippen MR) is 122 cm³/mol. The summed E-state index contributed by atoms with van der Waals surface area (Å²) in [7, 11) is 0. The van der Waals surface area contributed by atoms with E-state index >= 15 is 0 Å². The molecule has 0 saturated carbocycles. The molecule has 158 valence electrons. The van der Waals surface area contributed by atoms with E-state index in [0.717, 1.165) is 56.0 Å². The number of rotatable bonds is 5. The van der Waals surface area contributed by atoms with Crippen molar-refractivity contribution >= 4 is 11.6 Å². The van der Waals surface area contributed by atoms with Crippen LogP contribution in [0.2, 0.25) is 0 Å². The number of hydrogen-bond donors (Lipinski definition) is 0. The van der Waals surface area contributed by atoms with E-state index in [4.69, 9.17) is 5.10 Å². The number of hydrazone groups is 1. The SMILES string of the molecule is CCN1CCN(CC(=O)N2N=C(c3ccc(C)cc3)CC2c2ccc(C)cc2)CC1. The zero-order chi connectivity index (χ0) is 21.1. The van der Waals surface area contributed by atoms with Gasteiger partial charge in [0.1, 0.15) is 0 Å². The molecule has 0 radical (unpaired) electrons. The number of hydrogen-bond acceptors (Lipinski definition) is 4. The van der Waals surface area contributed by atoms with Crippen molar-refractivity contribution in [2.45, 2.75) is 33.2 Å². The van der Waals surface area contributed by atoms with E-state index in [1.54, 1.807) is 5.01 Å². The highest BCUT2D eigenvalue weighted by atomic mass is 16.2. The lowest BCUT2D eigenvalue weighted by atomic mass is 9.97. The van der Waals surface area contributed by atoms with E-state index in [0.29, 0.717) is 6.54 Å². The van der Waals surface area contributed by atoms with Crippen molar-refractivity contribution in [1.82, 2.24) is 14.8 Å². The summed E-state index contributed by atoms with van der Waals surface area (Å²) in [6, 6.07) is 16.9. The smallest absolute Gasteiger partial charge is 0.257 e. The molecule has 0 spiro atoms. The first-order valence-corrected chi connectivity index (χ1v) is 11.0. The van der Waals surface area contributed by atoms with E-state index in [2.05, 4.69) is 79.1 Å². The Bertz CT molecular complexity index is 896. The third kappa shape index (κ3) is 4.63. The summed E-state index contributed by atoms with van der Waals surface area (Å²) in [6.45, 7) is 11.8. The van der Waals surface area contributed by atoms with Gasteiger partial charge in [0.05, 0.1) is 18.3 Å². The maximum absolute atomic E-state index is 13.3. The van der Waals surface area contributed by atoms with Crippen molar-refractivity contribution in [3.8, 4) is 0 Å². The number of piperazine rings is 1. The number of likely N-dealkylation sites (N-methyl/N-ethyl adjacent to an activating group) is 1. The lowest BCUT2D eigenvalue weighted by Crippen LogP contribution is -2.49. The van der Waals surface area contributed by atoms with Gasteiger partial charge in [-0.3, -0.25) is 9.69 Å². The fraction of sp³-hybridized carbons (Fsp3) is 0.440. The Kier molecular flexibility index (Phi) is 6.30. The van der Waals surface area contributed by atoms with Crippen LogP contribution in [0.25, 0.3) is 0 Å². The van der Waals surface area contributed by atoms with Gasteiger partial charge in [0.15, 0.2) is 0 Å². The second-order valence-corrected chi connectivity index (χ2v) is 8.49. The third-order valence-electron chi connectivity index (χ3n) is 6.28. The number of benzene rings is 2. The Morgan fingerprint density at radius 1 is 0.900 bits per heavy atom. The zero-order valence-corrected chi connectivity index (χ0v) is 18.3.